The van der Waals surface area contributed by atoms with Crippen LogP contribution in [0.25, 0.3) is 5.82 Å². The smallest absolute Gasteiger partial charge is 0.259 e. The number of anilines is 1. The van der Waals surface area contributed by atoms with Crippen molar-refractivity contribution >= 4 is 11.7 Å². The summed E-state index contributed by atoms with van der Waals surface area (Å²) in [4.78, 5) is 25.3. The van der Waals surface area contributed by atoms with Crippen LogP contribution in [0.3, 0.4) is 0 Å². The van der Waals surface area contributed by atoms with Gasteiger partial charge in [0.2, 0.25) is 0 Å². The predicted octanol–water partition coefficient (Wildman–Crippen LogP) is 1.23. The van der Waals surface area contributed by atoms with E-state index in [9.17, 15) is 4.79 Å². The van der Waals surface area contributed by atoms with Crippen molar-refractivity contribution in [3.8, 4) is 5.82 Å². The first-order chi connectivity index (χ1) is 12.6. The minimum absolute atomic E-state index is 0.0270. The predicted molar refractivity (Wildman–Crippen MR) is 93.2 cm³/mol. The second-order valence-corrected chi connectivity index (χ2v) is 6.16. The highest BCUT2D eigenvalue weighted by molar-refractivity contribution is 5.96. The van der Waals surface area contributed by atoms with Crippen molar-refractivity contribution in [2.24, 2.45) is 0 Å². The lowest BCUT2D eigenvalue weighted by molar-refractivity contribution is 0.0744. The first-order valence-electron chi connectivity index (χ1n) is 8.42. The second kappa shape index (κ2) is 6.58. The zero-order valence-corrected chi connectivity index (χ0v) is 14.7. The van der Waals surface area contributed by atoms with E-state index in [1.165, 1.54) is 6.33 Å². The molecule has 134 valence electrons. The molecule has 9 heteroatoms. The summed E-state index contributed by atoms with van der Waals surface area (Å²) in [6.45, 7) is 6.18. The van der Waals surface area contributed by atoms with Gasteiger partial charge < -0.3 is 14.3 Å². The summed E-state index contributed by atoms with van der Waals surface area (Å²) in [5.41, 5.74) is 1.20. The average Bonchev–Trinajstić information content (AvgIpc) is 3.32. The molecule has 1 amide bonds. The lowest BCUT2D eigenvalue weighted by Crippen LogP contribution is -2.49. The maximum Gasteiger partial charge on any atom is 0.259 e. The van der Waals surface area contributed by atoms with Gasteiger partial charge >= 0.3 is 0 Å². The quantitative estimate of drug-likeness (QED) is 0.699. The first-order valence-corrected chi connectivity index (χ1v) is 8.42. The Kier molecular flexibility index (Phi) is 4.11. The van der Waals surface area contributed by atoms with Crippen LogP contribution < -0.4 is 4.90 Å². The van der Waals surface area contributed by atoms with Crippen molar-refractivity contribution in [2.75, 3.05) is 31.1 Å². The Morgan fingerprint density at radius 1 is 1.12 bits per heavy atom. The summed E-state index contributed by atoms with van der Waals surface area (Å²) >= 11 is 0. The monoisotopic (exact) mass is 353 g/mol. The van der Waals surface area contributed by atoms with Crippen LogP contribution in [0.5, 0.6) is 0 Å². The summed E-state index contributed by atoms with van der Waals surface area (Å²) in [5.74, 6) is 2.08. The van der Waals surface area contributed by atoms with Crippen molar-refractivity contribution in [1.82, 2.24) is 29.8 Å². The molecule has 26 heavy (non-hydrogen) atoms. The van der Waals surface area contributed by atoms with Crippen LogP contribution in [0.2, 0.25) is 0 Å². The SMILES string of the molecule is Cc1noc(C)c1C(=O)N1CCN(c2cc(-n3cccn3)ncn2)CC1. The number of carbonyl (C=O) groups excluding carboxylic acids is 1. The summed E-state index contributed by atoms with van der Waals surface area (Å²) in [6, 6.07) is 3.75. The number of aryl methyl sites for hydroxylation is 2. The van der Waals surface area contributed by atoms with Gasteiger partial charge in [-0.2, -0.15) is 5.10 Å². The molecular formula is C17H19N7O2. The van der Waals surface area contributed by atoms with Gasteiger partial charge in [0.1, 0.15) is 23.5 Å². The van der Waals surface area contributed by atoms with Crippen molar-refractivity contribution < 1.29 is 9.32 Å². The molecule has 0 spiro atoms. The molecule has 0 atom stereocenters. The van der Waals surface area contributed by atoms with Crippen LogP contribution in [-0.2, 0) is 0 Å². The number of nitrogens with zero attached hydrogens (tertiary/aromatic N) is 7. The zero-order valence-electron chi connectivity index (χ0n) is 14.7. The van der Waals surface area contributed by atoms with Gasteiger partial charge in [0, 0.05) is 44.6 Å². The van der Waals surface area contributed by atoms with E-state index in [0.29, 0.717) is 49.0 Å². The normalized spacial score (nSPS) is 14.7. The number of carbonyl (C=O) groups is 1. The molecule has 3 aromatic heterocycles. The lowest BCUT2D eigenvalue weighted by Gasteiger charge is -2.35. The minimum Gasteiger partial charge on any atom is -0.361 e. The molecular weight excluding hydrogens is 334 g/mol. The van der Waals surface area contributed by atoms with Crippen LogP contribution in [0.4, 0.5) is 5.82 Å². The molecule has 3 aromatic rings. The average molecular weight is 353 g/mol. The maximum absolute atomic E-state index is 12.7. The van der Waals surface area contributed by atoms with Gasteiger partial charge in [0.15, 0.2) is 5.82 Å². The van der Waals surface area contributed by atoms with E-state index in [4.69, 9.17) is 4.52 Å². The number of amides is 1. The Balaban J connectivity index is 1.46. The molecule has 0 unspecified atom stereocenters. The van der Waals surface area contributed by atoms with E-state index in [2.05, 4.69) is 25.1 Å². The number of hydrogen-bond donors (Lipinski definition) is 0. The molecule has 1 saturated heterocycles. The molecule has 0 aliphatic carbocycles. The molecule has 0 saturated carbocycles. The molecule has 4 heterocycles. The van der Waals surface area contributed by atoms with E-state index >= 15 is 0 Å². The van der Waals surface area contributed by atoms with Gasteiger partial charge in [-0.05, 0) is 19.9 Å². The van der Waals surface area contributed by atoms with Crippen LogP contribution in [0.1, 0.15) is 21.8 Å². The molecule has 1 fully saturated rings. The van der Waals surface area contributed by atoms with Gasteiger partial charge in [0.05, 0.1) is 5.69 Å². The highest BCUT2D eigenvalue weighted by Gasteiger charge is 2.27. The van der Waals surface area contributed by atoms with Crippen molar-refractivity contribution in [2.45, 2.75) is 13.8 Å². The second-order valence-electron chi connectivity index (χ2n) is 6.16. The van der Waals surface area contributed by atoms with Gasteiger partial charge in [0.25, 0.3) is 5.91 Å². The van der Waals surface area contributed by atoms with Crippen LogP contribution in [0.15, 0.2) is 35.4 Å². The molecule has 0 aromatic carbocycles. The van der Waals surface area contributed by atoms with E-state index in [1.54, 1.807) is 24.7 Å². The number of piperazine rings is 1. The van der Waals surface area contributed by atoms with Crippen LogP contribution in [-0.4, -0.2) is 61.9 Å². The van der Waals surface area contributed by atoms with Gasteiger partial charge in [-0.15, -0.1) is 0 Å². The Bertz CT molecular complexity index is 892. The van der Waals surface area contributed by atoms with Gasteiger partial charge in [-0.1, -0.05) is 5.16 Å². The first kappa shape index (κ1) is 16.2. The van der Waals surface area contributed by atoms with Crippen LogP contribution >= 0.6 is 0 Å². The summed E-state index contributed by atoms with van der Waals surface area (Å²) in [6.07, 6.45) is 5.08. The van der Waals surface area contributed by atoms with Crippen molar-refractivity contribution in [3.05, 3.63) is 47.9 Å². The fourth-order valence-electron chi connectivity index (χ4n) is 3.12. The minimum atomic E-state index is -0.0270. The fraction of sp³-hybridized carbons (Fsp3) is 0.353. The van der Waals surface area contributed by atoms with E-state index in [-0.39, 0.29) is 5.91 Å². The standard InChI is InChI=1S/C17H19N7O2/c1-12-16(13(2)26-21-12)17(25)23-8-6-22(7-9-23)14-10-15(19-11-18-14)24-5-3-4-20-24/h3-5,10-11H,6-9H2,1-2H3. The van der Waals surface area contributed by atoms with Gasteiger partial charge in [-0.3, -0.25) is 4.79 Å². The lowest BCUT2D eigenvalue weighted by atomic mass is 10.1. The number of hydrogen-bond acceptors (Lipinski definition) is 7. The molecule has 4 rings (SSSR count). The van der Waals surface area contributed by atoms with Gasteiger partial charge in [-0.25, -0.2) is 14.6 Å². The van der Waals surface area contributed by atoms with Crippen molar-refractivity contribution in [1.29, 1.82) is 0 Å². The summed E-state index contributed by atoms with van der Waals surface area (Å²) in [5, 5.41) is 8.06. The molecule has 0 N–H and O–H groups in total. The summed E-state index contributed by atoms with van der Waals surface area (Å²) in [7, 11) is 0. The molecule has 1 aliphatic rings. The maximum atomic E-state index is 12.7. The van der Waals surface area contributed by atoms with E-state index in [1.807, 2.05) is 23.2 Å². The van der Waals surface area contributed by atoms with Crippen LogP contribution in [0, 0.1) is 13.8 Å². The zero-order chi connectivity index (χ0) is 18.1. The molecule has 0 radical (unpaired) electrons. The number of aromatic nitrogens is 5. The fourth-order valence-corrected chi connectivity index (χ4v) is 3.12. The highest BCUT2D eigenvalue weighted by Crippen LogP contribution is 2.19. The Hall–Kier alpha value is -3.23. The largest absolute Gasteiger partial charge is 0.361 e. The highest BCUT2D eigenvalue weighted by atomic mass is 16.5. The van der Waals surface area contributed by atoms with Crippen molar-refractivity contribution in [3.63, 3.8) is 0 Å². The molecule has 0 bridgehead atoms. The third-order valence-electron chi connectivity index (χ3n) is 4.52. The molecule has 1 aliphatic heterocycles. The Labute approximate surface area is 150 Å². The Morgan fingerprint density at radius 3 is 2.54 bits per heavy atom. The van der Waals surface area contributed by atoms with E-state index < -0.39 is 0 Å². The topological polar surface area (TPSA) is 93.2 Å². The summed E-state index contributed by atoms with van der Waals surface area (Å²) < 4.78 is 6.81. The third kappa shape index (κ3) is 2.92. The molecule has 9 nitrogen and oxygen atoms in total. The van der Waals surface area contributed by atoms with E-state index in [0.717, 1.165) is 5.82 Å². The Morgan fingerprint density at radius 2 is 1.88 bits per heavy atom. The number of rotatable bonds is 3. The third-order valence-corrected chi connectivity index (χ3v) is 4.52.